The van der Waals surface area contributed by atoms with Crippen LogP contribution in [0.3, 0.4) is 0 Å². The average Bonchev–Trinajstić information content (AvgIpc) is 3.11. The van der Waals surface area contributed by atoms with Gasteiger partial charge in [-0.1, -0.05) is 0 Å². The average molecular weight is 353 g/mol. The van der Waals surface area contributed by atoms with Crippen molar-refractivity contribution < 1.29 is 14.0 Å². The van der Waals surface area contributed by atoms with Gasteiger partial charge in [-0.3, -0.25) is 14.8 Å². The molecule has 1 aromatic heterocycles. The zero-order valence-electron chi connectivity index (χ0n) is 13.8. The number of hydrogen-bond donors (Lipinski definition) is 3. The third-order valence-corrected chi connectivity index (χ3v) is 4.28. The Kier molecular flexibility index (Phi) is 4.00. The lowest BCUT2D eigenvalue weighted by atomic mass is 10.1. The van der Waals surface area contributed by atoms with E-state index in [2.05, 4.69) is 20.8 Å². The summed E-state index contributed by atoms with van der Waals surface area (Å²) in [4.78, 5) is 25.8. The molecule has 1 aliphatic rings. The van der Waals surface area contributed by atoms with Crippen molar-refractivity contribution in [1.29, 1.82) is 0 Å². The first kappa shape index (κ1) is 16.1. The Labute approximate surface area is 148 Å². The Balaban J connectivity index is 1.58. The number of amides is 3. The van der Waals surface area contributed by atoms with E-state index in [4.69, 9.17) is 0 Å². The van der Waals surface area contributed by atoms with Crippen molar-refractivity contribution in [2.45, 2.75) is 6.42 Å². The molecule has 2 aromatic carbocycles. The number of hydrogen-bond acceptors (Lipinski definition) is 3. The van der Waals surface area contributed by atoms with E-state index in [9.17, 15) is 14.0 Å². The summed E-state index contributed by atoms with van der Waals surface area (Å²) >= 11 is 0. The number of rotatable bonds is 3. The summed E-state index contributed by atoms with van der Waals surface area (Å²) in [5.41, 5.74) is 1.85. The van der Waals surface area contributed by atoms with E-state index in [0.717, 1.165) is 17.3 Å². The summed E-state index contributed by atoms with van der Waals surface area (Å²) < 4.78 is 14.2. The lowest BCUT2D eigenvalue weighted by Crippen LogP contribution is -2.46. The highest BCUT2D eigenvalue weighted by molar-refractivity contribution is 6.06. The smallest absolute Gasteiger partial charge is 0.321 e. The van der Waals surface area contributed by atoms with Crippen molar-refractivity contribution in [2.75, 3.05) is 23.3 Å². The largest absolute Gasteiger partial charge is 0.338 e. The molecule has 3 amide bonds. The molecule has 0 unspecified atom stereocenters. The van der Waals surface area contributed by atoms with E-state index >= 15 is 0 Å². The van der Waals surface area contributed by atoms with Crippen LogP contribution >= 0.6 is 0 Å². The van der Waals surface area contributed by atoms with Gasteiger partial charge in [0.1, 0.15) is 5.82 Å². The van der Waals surface area contributed by atoms with Gasteiger partial charge in [0, 0.05) is 29.7 Å². The summed E-state index contributed by atoms with van der Waals surface area (Å²) in [5, 5.41) is 13.0. The van der Waals surface area contributed by atoms with Gasteiger partial charge in [0.2, 0.25) is 0 Å². The molecule has 0 radical (unpaired) electrons. The number of carbonyl (C=O) groups is 2. The molecular formula is C18H16FN5O2. The normalized spacial score (nSPS) is 14.3. The van der Waals surface area contributed by atoms with Crippen LogP contribution in [0.1, 0.15) is 16.8 Å². The summed E-state index contributed by atoms with van der Waals surface area (Å²) in [6.45, 7) is 1.00. The van der Waals surface area contributed by atoms with Gasteiger partial charge < -0.3 is 10.6 Å². The molecule has 0 atom stereocenters. The van der Waals surface area contributed by atoms with Crippen molar-refractivity contribution in [1.82, 2.24) is 15.5 Å². The van der Waals surface area contributed by atoms with E-state index < -0.39 is 5.82 Å². The zero-order valence-corrected chi connectivity index (χ0v) is 13.8. The molecule has 0 saturated carbocycles. The quantitative estimate of drug-likeness (QED) is 0.676. The van der Waals surface area contributed by atoms with Crippen molar-refractivity contribution in [3.63, 3.8) is 0 Å². The molecule has 1 aliphatic heterocycles. The number of nitrogens with zero attached hydrogens (tertiary/aromatic N) is 2. The van der Waals surface area contributed by atoms with E-state index in [1.807, 2.05) is 0 Å². The van der Waals surface area contributed by atoms with Gasteiger partial charge in [0.15, 0.2) is 0 Å². The molecule has 4 rings (SSSR count). The van der Waals surface area contributed by atoms with Crippen LogP contribution in [0.15, 0.2) is 42.6 Å². The number of aromatic amines is 1. The first-order chi connectivity index (χ1) is 12.6. The topological polar surface area (TPSA) is 90.1 Å². The van der Waals surface area contributed by atoms with Crippen LogP contribution in [0, 0.1) is 5.82 Å². The molecule has 0 aliphatic carbocycles. The Morgan fingerprint density at radius 2 is 2.12 bits per heavy atom. The van der Waals surface area contributed by atoms with Crippen LogP contribution < -0.4 is 15.5 Å². The number of urea groups is 1. The van der Waals surface area contributed by atoms with Gasteiger partial charge in [0.05, 0.1) is 17.4 Å². The van der Waals surface area contributed by atoms with Crippen molar-refractivity contribution >= 4 is 34.2 Å². The number of H-pyrrole nitrogens is 1. The fourth-order valence-corrected chi connectivity index (χ4v) is 2.94. The zero-order chi connectivity index (χ0) is 18.1. The minimum absolute atomic E-state index is 0.144. The number of fused-ring (bicyclic) bond motifs is 1. The SMILES string of the molecule is O=C(Nc1ccc(F)c(N2CCCNC2=O)c1)c1ccc2[nH]ncc2c1. The Bertz CT molecular complexity index is 1000. The van der Waals surface area contributed by atoms with Crippen molar-refractivity contribution in [3.05, 3.63) is 54.0 Å². The Hall–Kier alpha value is -3.42. The second-order valence-corrected chi connectivity index (χ2v) is 6.03. The van der Waals surface area contributed by atoms with Crippen molar-refractivity contribution in [2.24, 2.45) is 0 Å². The fraction of sp³-hybridized carbons (Fsp3) is 0.167. The second kappa shape index (κ2) is 6.47. The number of anilines is 2. The summed E-state index contributed by atoms with van der Waals surface area (Å²) in [5.74, 6) is -0.839. The number of aromatic nitrogens is 2. The molecule has 26 heavy (non-hydrogen) atoms. The standard InChI is InChI=1S/C18H16FN5O2/c19-14-4-3-13(9-16(14)24-7-1-6-20-18(24)26)22-17(25)11-2-5-15-12(8-11)10-21-23-15/h2-5,8-10H,1,6-7H2,(H,20,26)(H,21,23)(H,22,25). The first-order valence-electron chi connectivity index (χ1n) is 8.21. The molecule has 0 bridgehead atoms. The van der Waals surface area contributed by atoms with E-state index in [-0.39, 0.29) is 17.6 Å². The molecule has 132 valence electrons. The van der Waals surface area contributed by atoms with Crippen LogP contribution in [0.25, 0.3) is 10.9 Å². The van der Waals surface area contributed by atoms with Gasteiger partial charge in [0.25, 0.3) is 5.91 Å². The van der Waals surface area contributed by atoms with Crippen molar-refractivity contribution in [3.8, 4) is 0 Å². The number of benzene rings is 2. The van der Waals surface area contributed by atoms with Gasteiger partial charge in [-0.15, -0.1) is 0 Å². The lowest BCUT2D eigenvalue weighted by molar-refractivity contribution is 0.102. The molecule has 0 spiro atoms. The van der Waals surface area contributed by atoms with Crippen LogP contribution in [-0.2, 0) is 0 Å². The maximum absolute atomic E-state index is 14.2. The molecule has 8 heteroatoms. The molecule has 1 fully saturated rings. The Morgan fingerprint density at radius 3 is 2.96 bits per heavy atom. The third kappa shape index (κ3) is 2.97. The van der Waals surface area contributed by atoms with Crippen LogP contribution in [-0.4, -0.2) is 35.2 Å². The first-order valence-corrected chi connectivity index (χ1v) is 8.21. The highest BCUT2D eigenvalue weighted by atomic mass is 19.1. The van der Waals surface area contributed by atoms with E-state index in [1.54, 1.807) is 24.4 Å². The highest BCUT2D eigenvalue weighted by Crippen LogP contribution is 2.25. The third-order valence-electron chi connectivity index (χ3n) is 4.28. The highest BCUT2D eigenvalue weighted by Gasteiger charge is 2.22. The monoisotopic (exact) mass is 353 g/mol. The van der Waals surface area contributed by atoms with E-state index in [1.165, 1.54) is 23.1 Å². The molecule has 7 nitrogen and oxygen atoms in total. The second-order valence-electron chi connectivity index (χ2n) is 6.03. The number of carbonyl (C=O) groups excluding carboxylic acids is 2. The fourth-order valence-electron chi connectivity index (χ4n) is 2.94. The van der Waals surface area contributed by atoms with Gasteiger partial charge in [-0.05, 0) is 42.8 Å². The predicted octanol–water partition coefficient (Wildman–Crippen LogP) is 2.87. The van der Waals surface area contributed by atoms with Gasteiger partial charge in [-0.25, -0.2) is 9.18 Å². The maximum atomic E-state index is 14.2. The van der Waals surface area contributed by atoms with Crippen LogP contribution in [0.2, 0.25) is 0 Å². The van der Waals surface area contributed by atoms with Crippen LogP contribution in [0.4, 0.5) is 20.6 Å². The summed E-state index contributed by atoms with van der Waals surface area (Å²) in [6.07, 6.45) is 2.36. The molecule has 1 saturated heterocycles. The van der Waals surface area contributed by atoms with Gasteiger partial charge in [-0.2, -0.15) is 5.10 Å². The number of halogens is 1. The molecule has 2 heterocycles. The Morgan fingerprint density at radius 1 is 1.23 bits per heavy atom. The van der Waals surface area contributed by atoms with Gasteiger partial charge >= 0.3 is 6.03 Å². The molecule has 3 aromatic rings. The minimum Gasteiger partial charge on any atom is -0.338 e. The summed E-state index contributed by atoms with van der Waals surface area (Å²) in [7, 11) is 0. The number of nitrogens with one attached hydrogen (secondary N) is 3. The lowest BCUT2D eigenvalue weighted by Gasteiger charge is -2.28. The predicted molar refractivity (Wildman–Crippen MR) is 95.8 cm³/mol. The molecular weight excluding hydrogens is 337 g/mol. The minimum atomic E-state index is -0.514. The van der Waals surface area contributed by atoms with E-state index in [0.29, 0.717) is 24.3 Å². The van der Waals surface area contributed by atoms with Crippen LogP contribution in [0.5, 0.6) is 0 Å². The molecule has 3 N–H and O–H groups in total. The summed E-state index contributed by atoms with van der Waals surface area (Å²) in [6, 6.07) is 9.00. The maximum Gasteiger partial charge on any atom is 0.321 e.